The topological polar surface area (TPSA) is 94.4 Å². The Hall–Kier alpha value is -3.59. The zero-order valence-electron chi connectivity index (χ0n) is 18.4. The van der Waals surface area contributed by atoms with Gasteiger partial charge in [-0.15, -0.1) is 0 Å². The zero-order chi connectivity index (χ0) is 23.1. The Morgan fingerprint density at radius 1 is 1.00 bits per heavy atom. The molecule has 32 heavy (non-hydrogen) atoms. The van der Waals surface area contributed by atoms with Crippen LogP contribution >= 0.6 is 0 Å². The molecular weight excluding hydrogens is 414 g/mol. The monoisotopic (exact) mass is 441 g/mol. The number of ether oxygens (including phenoxy) is 3. The first-order valence-electron chi connectivity index (χ1n) is 10.2. The van der Waals surface area contributed by atoms with Crippen molar-refractivity contribution < 1.29 is 23.9 Å². The number of carbonyl (C=O) groups is 1. The number of amides is 1. The van der Waals surface area contributed by atoms with Gasteiger partial charge in [0.2, 0.25) is 11.7 Å². The summed E-state index contributed by atoms with van der Waals surface area (Å²) in [6.07, 6.45) is 2.90. The first-order valence-corrected chi connectivity index (χ1v) is 10.2. The normalized spacial score (nSPS) is 14.4. The average Bonchev–Trinajstić information content (AvgIpc) is 2.82. The van der Waals surface area contributed by atoms with E-state index in [1.807, 2.05) is 12.1 Å². The van der Waals surface area contributed by atoms with Crippen molar-refractivity contribution >= 4 is 17.7 Å². The van der Waals surface area contributed by atoms with Crippen LogP contribution in [0.15, 0.2) is 42.5 Å². The second kappa shape index (κ2) is 10.6. The maximum absolute atomic E-state index is 12.6. The van der Waals surface area contributed by atoms with Crippen LogP contribution in [0.1, 0.15) is 11.1 Å². The summed E-state index contributed by atoms with van der Waals surface area (Å²) in [4.78, 5) is 27.2. The highest BCUT2D eigenvalue weighted by atomic mass is 16.6. The molecular formula is C23H27N3O6. The van der Waals surface area contributed by atoms with E-state index in [0.29, 0.717) is 55.5 Å². The SMILES string of the molecule is COc1ccc(CN2CCN(C(=O)/C=C/c3ccccc3[N+](=O)[O-])CC2)c(OC)c1OC. The molecule has 9 nitrogen and oxygen atoms in total. The van der Waals surface area contributed by atoms with Crippen LogP contribution in [0.5, 0.6) is 17.2 Å². The molecule has 0 saturated carbocycles. The van der Waals surface area contributed by atoms with Crippen LogP contribution < -0.4 is 14.2 Å². The Morgan fingerprint density at radius 2 is 1.69 bits per heavy atom. The van der Waals surface area contributed by atoms with Crippen LogP contribution in [-0.2, 0) is 11.3 Å². The molecule has 1 aliphatic heterocycles. The molecule has 1 amide bonds. The van der Waals surface area contributed by atoms with Crippen LogP contribution in [0.3, 0.4) is 0 Å². The van der Waals surface area contributed by atoms with Gasteiger partial charge in [0.25, 0.3) is 5.69 Å². The lowest BCUT2D eigenvalue weighted by molar-refractivity contribution is -0.385. The summed E-state index contributed by atoms with van der Waals surface area (Å²) in [5.41, 5.74) is 1.36. The van der Waals surface area contributed by atoms with E-state index >= 15 is 0 Å². The van der Waals surface area contributed by atoms with E-state index in [0.717, 1.165) is 5.56 Å². The highest BCUT2D eigenvalue weighted by Crippen LogP contribution is 2.40. The van der Waals surface area contributed by atoms with E-state index in [1.165, 1.54) is 18.2 Å². The van der Waals surface area contributed by atoms with Crippen molar-refractivity contribution in [3.05, 3.63) is 63.7 Å². The third-order valence-electron chi connectivity index (χ3n) is 5.40. The van der Waals surface area contributed by atoms with Gasteiger partial charge in [-0.25, -0.2) is 0 Å². The minimum absolute atomic E-state index is 0.0229. The molecule has 2 aromatic rings. The quantitative estimate of drug-likeness (QED) is 0.353. The molecule has 1 saturated heterocycles. The molecule has 2 aromatic carbocycles. The minimum Gasteiger partial charge on any atom is -0.493 e. The third kappa shape index (κ3) is 5.17. The maximum Gasteiger partial charge on any atom is 0.276 e. The second-order valence-corrected chi connectivity index (χ2v) is 7.24. The molecule has 0 spiro atoms. The Kier molecular flexibility index (Phi) is 7.67. The van der Waals surface area contributed by atoms with Crippen LogP contribution in [0.2, 0.25) is 0 Å². The Morgan fingerprint density at radius 3 is 2.31 bits per heavy atom. The van der Waals surface area contributed by atoms with Gasteiger partial charge in [-0.1, -0.05) is 18.2 Å². The van der Waals surface area contributed by atoms with Gasteiger partial charge in [-0.05, 0) is 18.2 Å². The summed E-state index contributed by atoms with van der Waals surface area (Å²) < 4.78 is 16.3. The highest BCUT2D eigenvalue weighted by molar-refractivity contribution is 5.92. The zero-order valence-corrected chi connectivity index (χ0v) is 18.4. The molecule has 0 aromatic heterocycles. The predicted molar refractivity (Wildman–Crippen MR) is 120 cm³/mol. The summed E-state index contributed by atoms with van der Waals surface area (Å²) in [7, 11) is 4.75. The first-order chi connectivity index (χ1) is 15.5. The summed E-state index contributed by atoms with van der Waals surface area (Å²) in [6.45, 7) is 3.17. The molecule has 1 aliphatic rings. The molecule has 1 fully saturated rings. The van der Waals surface area contributed by atoms with Crippen molar-refractivity contribution in [2.45, 2.75) is 6.54 Å². The van der Waals surface area contributed by atoms with Crippen molar-refractivity contribution in [2.24, 2.45) is 0 Å². The molecule has 0 bridgehead atoms. The number of piperazine rings is 1. The average molecular weight is 441 g/mol. The summed E-state index contributed by atoms with van der Waals surface area (Å²) in [5, 5.41) is 11.1. The number of nitro benzene ring substituents is 1. The number of nitrogens with zero attached hydrogens (tertiary/aromatic N) is 3. The second-order valence-electron chi connectivity index (χ2n) is 7.24. The summed E-state index contributed by atoms with van der Waals surface area (Å²) >= 11 is 0. The summed E-state index contributed by atoms with van der Waals surface area (Å²) in [6, 6.07) is 10.2. The first kappa shape index (κ1) is 23.1. The van der Waals surface area contributed by atoms with E-state index in [4.69, 9.17) is 14.2 Å². The fourth-order valence-electron chi connectivity index (χ4n) is 3.72. The van der Waals surface area contributed by atoms with Gasteiger partial charge in [-0.2, -0.15) is 0 Å². The molecule has 0 radical (unpaired) electrons. The van der Waals surface area contributed by atoms with E-state index < -0.39 is 4.92 Å². The molecule has 0 unspecified atom stereocenters. The minimum atomic E-state index is -0.453. The van der Waals surface area contributed by atoms with Crippen LogP contribution in [-0.4, -0.2) is 68.1 Å². The number of carbonyl (C=O) groups excluding carboxylic acids is 1. The van der Waals surface area contributed by atoms with Gasteiger partial charge in [0, 0.05) is 50.4 Å². The van der Waals surface area contributed by atoms with Crippen LogP contribution in [0.4, 0.5) is 5.69 Å². The third-order valence-corrected chi connectivity index (χ3v) is 5.40. The van der Waals surface area contributed by atoms with E-state index in [2.05, 4.69) is 4.90 Å². The van der Waals surface area contributed by atoms with Gasteiger partial charge in [-0.3, -0.25) is 19.8 Å². The lowest BCUT2D eigenvalue weighted by atomic mass is 10.1. The smallest absolute Gasteiger partial charge is 0.276 e. The van der Waals surface area contributed by atoms with E-state index in [9.17, 15) is 14.9 Å². The Bertz CT molecular complexity index is 999. The molecule has 1 heterocycles. The number of hydrogen-bond acceptors (Lipinski definition) is 7. The number of hydrogen-bond donors (Lipinski definition) is 0. The van der Waals surface area contributed by atoms with Crippen molar-refractivity contribution in [3.8, 4) is 17.2 Å². The van der Waals surface area contributed by atoms with Crippen LogP contribution in [0.25, 0.3) is 6.08 Å². The van der Waals surface area contributed by atoms with Crippen molar-refractivity contribution in [1.29, 1.82) is 0 Å². The van der Waals surface area contributed by atoms with Gasteiger partial charge in [0.1, 0.15) is 0 Å². The molecule has 0 N–H and O–H groups in total. The number of para-hydroxylation sites is 1. The van der Waals surface area contributed by atoms with E-state index in [-0.39, 0.29) is 11.6 Å². The summed E-state index contributed by atoms with van der Waals surface area (Å²) in [5.74, 6) is 1.64. The van der Waals surface area contributed by atoms with Gasteiger partial charge in [0.15, 0.2) is 11.5 Å². The van der Waals surface area contributed by atoms with Crippen molar-refractivity contribution in [1.82, 2.24) is 9.80 Å². The standard InChI is InChI=1S/C23H27N3O6/c1-30-20-10-8-18(22(31-2)23(20)32-3)16-24-12-14-25(15-13-24)21(27)11-9-17-6-4-5-7-19(17)26(28)29/h4-11H,12-16H2,1-3H3/b11-9+. The lowest BCUT2D eigenvalue weighted by Gasteiger charge is -2.34. The highest BCUT2D eigenvalue weighted by Gasteiger charge is 2.23. The van der Waals surface area contributed by atoms with Gasteiger partial charge >= 0.3 is 0 Å². The van der Waals surface area contributed by atoms with Gasteiger partial charge in [0.05, 0.1) is 31.8 Å². The predicted octanol–water partition coefficient (Wildman–Crippen LogP) is 2.98. The largest absolute Gasteiger partial charge is 0.493 e. The molecule has 170 valence electrons. The van der Waals surface area contributed by atoms with Crippen molar-refractivity contribution in [2.75, 3.05) is 47.5 Å². The Labute approximate surface area is 186 Å². The van der Waals surface area contributed by atoms with Gasteiger partial charge < -0.3 is 19.1 Å². The molecule has 0 atom stereocenters. The lowest BCUT2D eigenvalue weighted by Crippen LogP contribution is -2.47. The fraction of sp³-hybridized carbons (Fsp3) is 0.348. The van der Waals surface area contributed by atoms with E-state index in [1.54, 1.807) is 44.4 Å². The number of rotatable bonds is 8. The molecule has 3 rings (SSSR count). The number of methoxy groups -OCH3 is 3. The number of benzene rings is 2. The molecule has 0 aliphatic carbocycles. The van der Waals surface area contributed by atoms with Crippen LogP contribution in [0, 0.1) is 10.1 Å². The van der Waals surface area contributed by atoms with Crippen molar-refractivity contribution in [3.63, 3.8) is 0 Å². The maximum atomic E-state index is 12.6. The number of nitro groups is 1. The fourth-order valence-corrected chi connectivity index (χ4v) is 3.72. The Balaban J connectivity index is 1.61. The molecule has 9 heteroatoms.